The molecule has 0 aliphatic carbocycles. The first-order chi connectivity index (χ1) is 13.5. The van der Waals surface area contributed by atoms with Crippen molar-refractivity contribution in [2.24, 2.45) is 0 Å². The van der Waals surface area contributed by atoms with E-state index in [-0.39, 0.29) is 30.0 Å². The second-order valence-corrected chi connectivity index (χ2v) is 6.91. The lowest BCUT2D eigenvalue weighted by Crippen LogP contribution is -2.50. The van der Waals surface area contributed by atoms with Crippen LogP contribution in [0.15, 0.2) is 42.7 Å². The number of morpholine rings is 1. The fourth-order valence-electron chi connectivity index (χ4n) is 3.24. The number of pyridine rings is 1. The minimum atomic E-state index is -0.483. The summed E-state index contributed by atoms with van der Waals surface area (Å²) in [6, 6.07) is 7.96. The van der Waals surface area contributed by atoms with Gasteiger partial charge in [0.2, 0.25) is 11.8 Å². The van der Waals surface area contributed by atoms with Crippen molar-refractivity contribution in [3.05, 3.63) is 59.7 Å². The summed E-state index contributed by atoms with van der Waals surface area (Å²) in [5.41, 5.74) is 1.99. The summed E-state index contributed by atoms with van der Waals surface area (Å²) in [6.45, 7) is 3.01. The second kappa shape index (κ2) is 9.41. The highest BCUT2D eigenvalue weighted by atomic mass is 19.1. The summed E-state index contributed by atoms with van der Waals surface area (Å²) in [6.07, 6.45) is 4.44. The molecule has 1 unspecified atom stereocenters. The molecule has 2 aromatic rings. The molecule has 1 N–H and O–H groups in total. The Balaban J connectivity index is 1.58. The smallest absolute Gasteiger partial charge is 0.226 e. The number of ether oxygens (including phenoxy) is 1. The van der Waals surface area contributed by atoms with Gasteiger partial charge in [-0.15, -0.1) is 0 Å². The van der Waals surface area contributed by atoms with Gasteiger partial charge in [0, 0.05) is 31.8 Å². The lowest BCUT2D eigenvalue weighted by Gasteiger charge is -2.35. The van der Waals surface area contributed by atoms with E-state index in [1.165, 1.54) is 6.07 Å². The van der Waals surface area contributed by atoms with Crippen molar-refractivity contribution >= 4 is 17.5 Å². The Morgan fingerprint density at radius 2 is 2.21 bits per heavy atom. The van der Waals surface area contributed by atoms with Crippen molar-refractivity contribution in [3.8, 4) is 0 Å². The number of carbonyl (C=O) groups excluding carboxylic acids is 2. The molecule has 28 heavy (non-hydrogen) atoms. The van der Waals surface area contributed by atoms with E-state index in [0.29, 0.717) is 32.6 Å². The van der Waals surface area contributed by atoms with Crippen molar-refractivity contribution in [1.29, 1.82) is 0 Å². The number of nitrogens with zero attached hydrogens (tertiary/aromatic N) is 2. The van der Waals surface area contributed by atoms with Gasteiger partial charge in [0.1, 0.15) is 5.82 Å². The molecule has 1 aliphatic heterocycles. The van der Waals surface area contributed by atoms with Gasteiger partial charge in [-0.3, -0.25) is 14.6 Å². The minimum Gasteiger partial charge on any atom is -0.377 e. The lowest BCUT2D eigenvalue weighted by atomic mass is 10.1. The topological polar surface area (TPSA) is 71.5 Å². The molecule has 7 heteroatoms. The third kappa shape index (κ3) is 5.36. The second-order valence-electron chi connectivity index (χ2n) is 6.91. The van der Waals surface area contributed by atoms with Gasteiger partial charge >= 0.3 is 0 Å². The first-order valence-corrected chi connectivity index (χ1v) is 9.35. The number of amides is 2. The average Bonchev–Trinajstić information content (AvgIpc) is 2.70. The van der Waals surface area contributed by atoms with Gasteiger partial charge in [-0.1, -0.05) is 12.1 Å². The van der Waals surface area contributed by atoms with E-state index in [0.717, 1.165) is 11.1 Å². The van der Waals surface area contributed by atoms with Crippen LogP contribution >= 0.6 is 0 Å². The van der Waals surface area contributed by atoms with Crippen LogP contribution in [-0.2, 0) is 20.7 Å². The molecule has 3 rings (SSSR count). The normalized spacial score (nSPS) is 16.6. The van der Waals surface area contributed by atoms with Crippen LogP contribution in [0.1, 0.15) is 24.0 Å². The number of halogens is 1. The maximum absolute atomic E-state index is 13.9. The first-order valence-electron chi connectivity index (χ1n) is 9.35. The highest BCUT2D eigenvalue weighted by Crippen LogP contribution is 2.18. The van der Waals surface area contributed by atoms with Crippen LogP contribution in [-0.4, -0.2) is 47.5 Å². The van der Waals surface area contributed by atoms with Gasteiger partial charge < -0.3 is 15.0 Å². The number of anilines is 1. The molecule has 1 atom stereocenters. The van der Waals surface area contributed by atoms with Crippen molar-refractivity contribution in [3.63, 3.8) is 0 Å². The highest BCUT2D eigenvalue weighted by Gasteiger charge is 2.29. The zero-order chi connectivity index (χ0) is 19.9. The Bertz CT molecular complexity index is 829. The highest BCUT2D eigenvalue weighted by molar-refractivity contribution is 5.91. The van der Waals surface area contributed by atoms with Crippen LogP contribution in [0.2, 0.25) is 0 Å². The molecular weight excluding hydrogens is 361 g/mol. The molecular formula is C21H24FN3O3. The van der Waals surface area contributed by atoms with Crippen molar-refractivity contribution < 1.29 is 18.7 Å². The number of carbonyl (C=O) groups is 2. The summed E-state index contributed by atoms with van der Waals surface area (Å²) >= 11 is 0. The van der Waals surface area contributed by atoms with Gasteiger partial charge in [-0.2, -0.15) is 0 Å². The molecule has 2 heterocycles. The lowest BCUT2D eigenvalue weighted by molar-refractivity contribution is -0.141. The number of rotatable bonds is 6. The van der Waals surface area contributed by atoms with E-state index in [2.05, 4.69) is 10.3 Å². The Morgan fingerprint density at radius 1 is 1.36 bits per heavy atom. The van der Waals surface area contributed by atoms with Crippen LogP contribution in [0.25, 0.3) is 0 Å². The van der Waals surface area contributed by atoms with Crippen LogP contribution in [0.5, 0.6) is 0 Å². The summed E-state index contributed by atoms with van der Waals surface area (Å²) in [5.74, 6) is -0.847. The molecule has 0 saturated carbocycles. The van der Waals surface area contributed by atoms with Gasteiger partial charge in [-0.25, -0.2) is 4.39 Å². The summed E-state index contributed by atoms with van der Waals surface area (Å²) in [5, 5.41) is 2.60. The molecule has 0 bridgehead atoms. The van der Waals surface area contributed by atoms with Gasteiger partial charge in [-0.05, 0) is 42.7 Å². The fraction of sp³-hybridized carbons (Fsp3) is 0.381. The molecule has 0 spiro atoms. The molecule has 148 valence electrons. The molecule has 2 amide bonds. The largest absolute Gasteiger partial charge is 0.377 e. The third-order valence-electron chi connectivity index (χ3n) is 4.72. The minimum absolute atomic E-state index is 0.0216. The number of hydrogen-bond donors (Lipinski definition) is 1. The number of aryl methyl sites for hydroxylation is 2. The van der Waals surface area contributed by atoms with Crippen LogP contribution in [0.4, 0.5) is 10.1 Å². The molecule has 1 fully saturated rings. The van der Waals surface area contributed by atoms with E-state index < -0.39 is 5.82 Å². The standard InChI is InChI=1S/C21H24FN3O3/c1-15-4-6-18(22)19(11-15)24-20(26)12-17-14-28-10-9-25(17)21(27)7-5-16-3-2-8-23-13-16/h2-4,6,8,11,13,17H,5,7,9-10,12,14H2,1H3,(H,24,26). The zero-order valence-electron chi connectivity index (χ0n) is 15.9. The number of aromatic nitrogens is 1. The molecule has 1 aromatic carbocycles. The van der Waals surface area contributed by atoms with Crippen molar-refractivity contribution in [2.75, 3.05) is 25.1 Å². The van der Waals surface area contributed by atoms with Crippen molar-refractivity contribution in [1.82, 2.24) is 9.88 Å². The quantitative estimate of drug-likeness (QED) is 0.830. The molecule has 6 nitrogen and oxygen atoms in total. The molecule has 1 aromatic heterocycles. The summed E-state index contributed by atoms with van der Waals surface area (Å²) in [7, 11) is 0. The Hall–Kier alpha value is -2.80. The van der Waals surface area contributed by atoms with E-state index in [9.17, 15) is 14.0 Å². The predicted molar refractivity (Wildman–Crippen MR) is 103 cm³/mol. The predicted octanol–water partition coefficient (Wildman–Crippen LogP) is 2.72. The van der Waals surface area contributed by atoms with E-state index in [1.807, 2.05) is 19.1 Å². The number of benzene rings is 1. The van der Waals surface area contributed by atoms with E-state index >= 15 is 0 Å². The maximum atomic E-state index is 13.9. The first kappa shape index (κ1) is 19.9. The third-order valence-corrected chi connectivity index (χ3v) is 4.72. The van der Waals surface area contributed by atoms with Crippen LogP contribution < -0.4 is 5.32 Å². The molecule has 0 radical (unpaired) electrons. The molecule has 1 saturated heterocycles. The van der Waals surface area contributed by atoms with Crippen LogP contribution in [0.3, 0.4) is 0 Å². The zero-order valence-corrected chi connectivity index (χ0v) is 15.9. The van der Waals surface area contributed by atoms with E-state index in [1.54, 1.807) is 29.4 Å². The number of nitrogens with one attached hydrogen (secondary N) is 1. The van der Waals surface area contributed by atoms with Crippen molar-refractivity contribution in [2.45, 2.75) is 32.2 Å². The monoisotopic (exact) mass is 385 g/mol. The SMILES string of the molecule is Cc1ccc(F)c(NC(=O)CC2COCCN2C(=O)CCc2cccnc2)c1. The Morgan fingerprint density at radius 3 is 3.00 bits per heavy atom. The molecule has 1 aliphatic rings. The van der Waals surface area contributed by atoms with Gasteiger partial charge in [0.05, 0.1) is 24.9 Å². The van der Waals surface area contributed by atoms with E-state index in [4.69, 9.17) is 4.74 Å². The number of hydrogen-bond acceptors (Lipinski definition) is 4. The van der Waals surface area contributed by atoms with Gasteiger partial charge in [0.25, 0.3) is 0 Å². The summed E-state index contributed by atoms with van der Waals surface area (Å²) < 4.78 is 19.3. The average molecular weight is 385 g/mol. The Kier molecular flexibility index (Phi) is 6.71. The van der Waals surface area contributed by atoms with Crippen LogP contribution in [0, 0.1) is 12.7 Å². The maximum Gasteiger partial charge on any atom is 0.226 e. The fourth-order valence-corrected chi connectivity index (χ4v) is 3.24. The Labute approximate surface area is 163 Å². The summed E-state index contributed by atoms with van der Waals surface area (Å²) in [4.78, 5) is 30.8. The van der Waals surface area contributed by atoms with Gasteiger partial charge in [0.15, 0.2) is 0 Å².